The van der Waals surface area contributed by atoms with E-state index in [1.165, 1.54) is 12.1 Å². The molecule has 0 aliphatic carbocycles. The van der Waals surface area contributed by atoms with E-state index < -0.39 is 20.5 Å². The molecule has 0 heterocycles. The van der Waals surface area contributed by atoms with Crippen LogP contribution in [0.4, 0.5) is 5.69 Å². The van der Waals surface area contributed by atoms with E-state index in [-0.39, 0.29) is 15.6 Å². The topological polar surface area (TPSA) is 89.3 Å². The first kappa shape index (κ1) is 16.9. The molecule has 0 amide bonds. The zero-order valence-electron chi connectivity index (χ0n) is 11.5. The van der Waals surface area contributed by atoms with Gasteiger partial charge in [0.15, 0.2) is 0 Å². The van der Waals surface area contributed by atoms with E-state index in [0.29, 0.717) is 12.8 Å². The van der Waals surface area contributed by atoms with Gasteiger partial charge in [0.25, 0.3) is 5.69 Å². The molecular weight excluding hydrogens is 304 g/mol. The molecule has 0 saturated heterocycles. The Hall–Kier alpha value is -1.18. The zero-order chi connectivity index (χ0) is 15.6. The minimum absolute atomic E-state index is 0.0438. The lowest BCUT2D eigenvalue weighted by atomic mass is 9.98. The molecule has 0 fully saturated rings. The van der Waals surface area contributed by atoms with Crippen molar-refractivity contribution in [1.82, 2.24) is 4.72 Å². The van der Waals surface area contributed by atoms with Crippen molar-refractivity contribution in [3.8, 4) is 0 Å². The molecule has 112 valence electrons. The first-order valence-electron chi connectivity index (χ1n) is 6.13. The summed E-state index contributed by atoms with van der Waals surface area (Å²) in [5, 5.41) is 10.7. The Bertz CT molecular complexity index is 612. The molecule has 1 aromatic carbocycles. The Morgan fingerprint density at radius 2 is 1.90 bits per heavy atom. The largest absolute Gasteiger partial charge is 0.270 e. The van der Waals surface area contributed by atoms with Gasteiger partial charge in [-0.15, -0.1) is 0 Å². The van der Waals surface area contributed by atoms with Crippen LogP contribution in [0.2, 0.25) is 5.02 Å². The number of benzene rings is 1. The van der Waals surface area contributed by atoms with E-state index in [0.717, 1.165) is 6.07 Å². The summed E-state index contributed by atoms with van der Waals surface area (Å²) in [6, 6.07) is 3.35. The molecule has 0 aliphatic heterocycles. The average molecular weight is 321 g/mol. The van der Waals surface area contributed by atoms with Crippen molar-refractivity contribution in [1.29, 1.82) is 0 Å². The average Bonchev–Trinajstić information content (AvgIpc) is 2.38. The van der Waals surface area contributed by atoms with E-state index in [9.17, 15) is 18.5 Å². The van der Waals surface area contributed by atoms with Gasteiger partial charge in [0, 0.05) is 17.7 Å². The van der Waals surface area contributed by atoms with Crippen LogP contribution in [-0.4, -0.2) is 18.9 Å². The van der Waals surface area contributed by atoms with Gasteiger partial charge in [0.2, 0.25) is 10.0 Å². The van der Waals surface area contributed by atoms with Gasteiger partial charge in [-0.05, 0) is 25.8 Å². The van der Waals surface area contributed by atoms with E-state index in [2.05, 4.69) is 4.72 Å². The van der Waals surface area contributed by atoms with Gasteiger partial charge in [0.1, 0.15) is 4.90 Å². The van der Waals surface area contributed by atoms with Gasteiger partial charge in [0.05, 0.1) is 9.95 Å². The van der Waals surface area contributed by atoms with Crippen LogP contribution in [0.3, 0.4) is 0 Å². The summed E-state index contributed by atoms with van der Waals surface area (Å²) in [7, 11) is -3.92. The lowest BCUT2D eigenvalue weighted by Gasteiger charge is -2.27. The van der Waals surface area contributed by atoms with Crippen LogP contribution >= 0.6 is 11.6 Å². The van der Waals surface area contributed by atoms with E-state index in [4.69, 9.17) is 11.6 Å². The number of halogens is 1. The third kappa shape index (κ3) is 3.68. The molecule has 1 rings (SSSR count). The van der Waals surface area contributed by atoms with Crippen molar-refractivity contribution in [3.05, 3.63) is 33.3 Å². The standard InChI is InChI=1S/C12H17ClN2O4S/c1-4-12(3,5-2)14-20(18,19)11-8-9(15(16)17)6-7-10(11)13/h6-8,14H,4-5H2,1-3H3. The molecular formula is C12H17ClN2O4S. The van der Waals surface area contributed by atoms with Gasteiger partial charge >= 0.3 is 0 Å². The summed E-state index contributed by atoms with van der Waals surface area (Å²) in [5.74, 6) is 0. The number of non-ortho nitro benzene ring substituents is 1. The third-order valence-corrected chi connectivity index (χ3v) is 5.48. The maximum absolute atomic E-state index is 12.3. The predicted molar refractivity (Wildman–Crippen MR) is 77.4 cm³/mol. The van der Waals surface area contributed by atoms with Crippen molar-refractivity contribution in [2.45, 2.75) is 44.0 Å². The minimum Gasteiger partial charge on any atom is -0.258 e. The second kappa shape index (κ2) is 6.07. The maximum atomic E-state index is 12.3. The number of hydrogen-bond donors (Lipinski definition) is 1. The lowest BCUT2D eigenvalue weighted by Crippen LogP contribution is -2.44. The highest BCUT2D eigenvalue weighted by Crippen LogP contribution is 2.28. The monoisotopic (exact) mass is 320 g/mol. The SMILES string of the molecule is CCC(C)(CC)NS(=O)(=O)c1cc([N+](=O)[O-])ccc1Cl. The molecule has 0 saturated carbocycles. The van der Waals surface area contributed by atoms with Gasteiger partial charge in [-0.25, -0.2) is 13.1 Å². The van der Waals surface area contributed by atoms with Crippen LogP contribution in [0.1, 0.15) is 33.6 Å². The Labute approximate surface area is 123 Å². The first-order chi connectivity index (χ1) is 9.15. The van der Waals surface area contributed by atoms with Crippen LogP contribution < -0.4 is 4.72 Å². The summed E-state index contributed by atoms with van der Waals surface area (Å²) in [5.41, 5.74) is -0.934. The molecule has 1 N–H and O–H groups in total. The fourth-order valence-corrected chi connectivity index (χ4v) is 3.66. The fraction of sp³-hybridized carbons (Fsp3) is 0.500. The molecule has 0 aromatic heterocycles. The lowest BCUT2D eigenvalue weighted by molar-refractivity contribution is -0.385. The summed E-state index contributed by atoms with van der Waals surface area (Å²) in [6.45, 7) is 5.50. The maximum Gasteiger partial charge on any atom is 0.270 e. The Balaban J connectivity index is 3.28. The van der Waals surface area contributed by atoms with Gasteiger partial charge in [-0.2, -0.15) is 0 Å². The summed E-state index contributed by atoms with van der Waals surface area (Å²) in [6.07, 6.45) is 1.19. The number of rotatable bonds is 6. The number of hydrogen-bond acceptors (Lipinski definition) is 4. The smallest absolute Gasteiger partial charge is 0.258 e. The number of sulfonamides is 1. The van der Waals surface area contributed by atoms with Crippen LogP contribution in [0.15, 0.2) is 23.1 Å². The van der Waals surface area contributed by atoms with E-state index in [1.807, 2.05) is 13.8 Å². The van der Waals surface area contributed by atoms with Crippen molar-refractivity contribution in [3.63, 3.8) is 0 Å². The van der Waals surface area contributed by atoms with Crippen molar-refractivity contribution in [2.75, 3.05) is 0 Å². The minimum atomic E-state index is -3.92. The van der Waals surface area contributed by atoms with Crippen LogP contribution in [0.5, 0.6) is 0 Å². The Morgan fingerprint density at radius 1 is 1.35 bits per heavy atom. The molecule has 0 bridgehead atoms. The second-order valence-corrected chi connectivity index (χ2v) is 6.80. The molecule has 1 aromatic rings. The second-order valence-electron chi connectivity index (χ2n) is 4.75. The molecule has 8 heteroatoms. The summed E-state index contributed by atoms with van der Waals surface area (Å²) in [4.78, 5) is 9.80. The quantitative estimate of drug-likeness (QED) is 0.644. The highest BCUT2D eigenvalue weighted by molar-refractivity contribution is 7.89. The van der Waals surface area contributed by atoms with Crippen LogP contribution in [0.25, 0.3) is 0 Å². The predicted octanol–water partition coefficient (Wildman–Crippen LogP) is 3.11. The molecule has 6 nitrogen and oxygen atoms in total. The number of nitro benzene ring substituents is 1. The van der Waals surface area contributed by atoms with Crippen molar-refractivity contribution in [2.24, 2.45) is 0 Å². The van der Waals surface area contributed by atoms with Gasteiger partial charge in [-0.3, -0.25) is 10.1 Å². The summed E-state index contributed by atoms with van der Waals surface area (Å²) >= 11 is 5.86. The summed E-state index contributed by atoms with van der Waals surface area (Å²) < 4.78 is 27.2. The first-order valence-corrected chi connectivity index (χ1v) is 7.99. The zero-order valence-corrected chi connectivity index (χ0v) is 13.1. The van der Waals surface area contributed by atoms with Crippen LogP contribution in [-0.2, 0) is 10.0 Å². The third-order valence-electron chi connectivity index (χ3n) is 3.36. The highest BCUT2D eigenvalue weighted by Gasteiger charge is 2.29. The van der Waals surface area contributed by atoms with Crippen LogP contribution in [0, 0.1) is 10.1 Å². The Morgan fingerprint density at radius 3 is 2.35 bits per heavy atom. The number of nitrogens with one attached hydrogen (secondary N) is 1. The van der Waals surface area contributed by atoms with Gasteiger partial charge in [-0.1, -0.05) is 25.4 Å². The Kier molecular flexibility index (Phi) is 5.12. The van der Waals surface area contributed by atoms with E-state index >= 15 is 0 Å². The molecule has 0 radical (unpaired) electrons. The molecule has 0 aliphatic rings. The molecule has 0 atom stereocenters. The fourth-order valence-electron chi connectivity index (χ4n) is 1.59. The van der Waals surface area contributed by atoms with Crippen molar-refractivity contribution >= 4 is 27.3 Å². The van der Waals surface area contributed by atoms with E-state index in [1.54, 1.807) is 6.92 Å². The number of nitro groups is 1. The molecule has 0 spiro atoms. The highest BCUT2D eigenvalue weighted by atomic mass is 35.5. The molecule has 0 unspecified atom stereocenters. The number of nitrogens with zero attached hydrogens (tertiary/aromatic N) is 1. The van der Waals surface area contributed by atoms with Crippen molar-refractivity contribution < 1.29 is 13.3 Å². The molecule has 20 heavy (non-hydrogen) atoms. The normalized spacial score (nSPS) is 12.4. The van der Waals surface area contributed by atoms with Gasteiger partial charge < -0.3 is 0 Å².